The van der Waals surface area contributed by atoms with E-state index >= 15 is 0 Å². The van der Waals surface area contributed by atoms with Crippen molar-refractivity contribution in [1.82, 2.24) is 0 Å². The van der Waals surface area contributed by atoms with Crippen LogP contribution in [0.4, 0.5) is 4.79 Å². The molecule has 3 fully saturated rings. The minimum atomic E-state index is -0.554. The van der Waals surface area contributed by atoms with Crippen LogP contribution in [-0.2, 0) is 11.2 Å². The van der Waals surface area contributed by atoms with E-state index in [1.165, 1.54) is 77.0 Å². The summed E-state index contributed by atoms with van der Waals surface area (Å²) in [5, 5.41) is 0. The van der Waals surface area contributed by atoms with Gasteiger partial charge in [0.2, 0.25) is 0 Å². The lowest BCUT2D eigenvalue weighted by molar-refractivity contribution is -0.0538. The Morgan fingerprint density at radius 2 is 1.77 bits per heavy atom. The van der Waals surface area contributed by atoms with Crippen LogP contribution in [0.15, 0.2) is 35.9 Å². The maximum absolute atomic E-state index is 12.6. The zero-order valence-electron chi connectivity index (χ0n) is 25.3. The van der Waals surface area contributed by atoms with E-state index in [0.29, 0.717) is 11.2 Å². The number of carbonyl (C=O) groups is 1. The Labute approximate surface area is 238 Å². The molecule has 5 rings (SSSR count). The van der Waals surface area contributed by atoms with Crippen LogP contribution < -0.4 is 4.74 Å². The van der Waals surface area contributed by atoms with E-state index < -0.39 is 6.16 Å². The van der Waals surface area contributed by atoms with E-state index in [1.54, 1.807) is 5.57 Å². The molecule has 216 valence electrons. The van der Waals surface area contributed by atoms with Crippen molar-refractivity contribution in [3.63, 3.8) is 0 Å². The van der Waals surface area contributed by atoms with Gasteiger partial charge in [-0.2, -0.15) is 0 Å². The molecule has 0 heterocycles. The predicted molar refractivity (Wildman–Crippen MR) is 160 cm³/mol. The van der Waals surface area contributed by atoms with Gasteiger partial charge in [0.15, 0.2) is 0 Å². The van der Waals surface area contributed by atoms with E-state index in [-0.39, 0.29) is 11.5 Å². The molecule has 7 unspecified atom stereocenters. The van der Waals surface area contributed by atoms with Crippen LogP contribution in [0.1, 0.15) is 130 Å². The number of hydrogen-bond donors (Lipinski definition) is 0. The van der Waals surface area contributed by atoms with Gasteiger partial charge in [-0.25, -0.2) is 4.79 Å². The van der Waals surface area contributed by atoms with Gasteiger partial charge < -0.3 is 9.47 Å². The SMILES string of the molecule is CCCCCCCCC1CCC2C3CC=C4CC(OC(=O)Oc5cccc(CC)c5)CCC4(C)C3CCC12C. The van der Waals surface area contributed by atoms with Crippen molar-refractivity contribution >= 4 is 6.16 Å². The molecule has 0 aliphatic heterocycles. The second kappa shape index (κ2) is 12.4. The normalized spacial score (nSPS) is 35.4. The van der Waals surface area contributed by atoms with Crippen LogP contribution >= 0.6 is 0 Å². The molecule has 0 N–H and O–H groups in total. The number of fused-ring (bicyclic) bond motifs is 5. The fraction of sp³-hybridized carbons (Fsp3) is 0.750. The summed E-state index contributed by atoms with van der Waals surface area (Å²) in [6.07, 6.45) is 22.8. The molecule has 4 aliphatic carbocycles. The minimum Gasteiger partial charge on any atom is -0.430 e. The smallest absolute Gasteiger partial charge is 0.430 e. The number of aryl methyl sites for hydroxylation is 1. The summed E-state index contributed by atoms with van der Waals surface area (Å²) in [5.41, 5.74) is 3.56. The fourth-order valence-electron chi connectivity index (χ4n) is 9.57. The van der Waals surface area contributed by atoms with Crippen LogP contribution in [0.25, 0.3) is 0 Å². The highest BCUT2D eigenvalue weighted by atomic mass is 16.7. The molecule has 39 heavy (non-hydrogen) atoms. The molecule has 3 saturated carbocycles. The molecule has 3 nitrogen and oxygen atoms in total. The van der Waals surface area contributed by atoms with E-state index in [0.717, 1.165) is 54.9 Å². The number of rotatable bonds is 10. The van der Waals surface area contributed by atoms with Crippen molar-refractivity contribution in [2.24, 2.45) is 34.5 Å². The molecule has 0 bridgehead atoms. The maximum atomic E-state index is 12.6. The highest BCUT2D eigenvalue weighted by molar-refractivity contribution is 5.64. The topological polar surface area (TPSA) is 35.5 Å². The average molecular weight is 535 g/mol. The van der Waals surface area contributed by atoms with Gasteiger partial charge in [-0.15, -0.1) is 0 Å². The number of ether oxygens (including phenoxy) is 2. The van der Waals surface area contributed by atoms with Crippen molar-refractivity contribution in [3.05, 3.63) is 41.5 Å². The zero-order chi connectivity index (χ0) is 27.5. The van der Waals surface area contributed by atoms with E-state index in [9.17, 15) is 4.79 Å². The third-order valence-electron chi connectivity index (χ3n) is 11.9. The summed E-state index contributed by atoms with van der Waals surface area (Å²) >= 11 is 0. The molecule has 1 aromatic rings. The Hall–Kier alpha value is -1.77. The van der Waals surface area contributed by atoms with Crippen molar-refractivity contribution in [1.29, 1.82) is 0 Å². The summed E-state index contributed by atoms with van der Waals surface area (Å²) in [4.78, 5) is 12.6. The maximum Gasteiger partial charge on any atom is 0.514 e. The molecule has 0 radical (unpaired) electrons. The number of unbranched alkanes of at least 4 members (excludes halogenated alkanes) is 5. The standard InChI is InChI=1S/C36H54O3/c1-5-7-8-9-10-11-14-27-17-19-32-31-18-16-28-25-30(20-22-36(28,4)33(31)21-23-35(27,32)3)39-34(37)38-29-15-12-13-26(6-2)24-29/h12-13,15-16,24,27,30-33H,5-11,14,17-23,25H2,1-4H3. The Morgan fingerprint density at radius 3 is 2.59 bits per heavy atom. The second-order valence-corrected chi connectivity index (χ2v) is 14.0. The van der Waals surface area contributed by atoms with E-state index in [2.05, 4.69) is 39.8 Å². The first-order valence-corrected chi connectivity index (χ1v) is 16.5. The van der Waals surface area contributed by atoms with Gasteiger partial charge in [-0.1, -0.05) is 90.0 Å². The average Bonchev–Trinajstić information content (AvgIpc) is 3.27. The van der Waals surface area contributed by atoms with Gasteiger partial charge in [0.25, 0.3) is 0 Å². The quantitative estimate of drug-likeness (QED) is 0.130. The summed E-state index contributed by atoms with van der Waals surface area (Å²) in [6.45, 7) is 9.64. The Morgan fingerprint density at radius 1 is 0.949 bits per heavy atom. The first-order valence-electron chi connectivity index (χ1n) is 16.5. The number of benzene rings is 1. The van der Waals surface area contributed by atoms with Crippen LogP contribution in [0.3, 0.4) is 0 Å². The molecule has 0 amide bonds. The van der Waals surface area contributed by atoms with Crippen LogP contribution in [0.5, 0.6) is 5.75 Å². The summed E-state index contributed by atoms with van der Waals surface area (Å²) < 4.78 is 11.4. The molecule has 0 saturated heterocycles. The lowest BCUT2D eigenvalue weighted by Crippen LogP contribution is -2.50. The predicted octanol–water partition coefficient (Wildman–Crippen LogP) is 10.5. The van der Waals surface area contributed by atoms with Crippen LogP contribution in [0, 0.1) is 34.5 Å². The van der Waals surface area contributed by atoms with E-state index in [4.69, 9.17) is 9.47 Å². The monoisotopic (exact) mass is 534 g/mol. The Bertz CT molecular complexity index is 1010. The summed E-state index contributed by atoms with van der Waals surface area (Å²) in [7, 11) is 0. The molecule has 3 heteroatoms. The molecular formula is C36H54O3. The largest absolute Gasteiger partial charge is 0.514 e. The zero-order valence-corrected chi connectivity index (χ0v) is 25.3. The third-order valence-corrected chi connectivity index (χ3v) is 11.9. The Kier molecular flexibility index (Phi) is 9.14. The van der Waals surface area contributed by atoms with Crippen molar-refractivity contribution in [2.75, 3.05) is 0 Å². The van der Waals surface area contributed by atoms with E-state index in [1.807, 2.05) is 18.2 Å². The van der Waals surface area contributed by atoms with Crippen molar-refractivity contribution in [2.45, 2.75) is 137 Å². The highest BCUT2D eigenvalue weighted by Gasteiger charge is 2.58. The van der Waals surface area contributed by atoms with Gasteiger partial charge in [-0.05, 0) is 110 Å². The van der Waals surface area contributed by atoms with Crippen LogP contribution in [0.2, 0.25) is 0 Å². The summed E-state index contributed by atoms with van der Waals surface area (Å²) in [6, 6.07) is 7.76. The lowest BCUT2D eigenvalue weighted by atomic mass is 9.47. The first-order chi connectivity index (χ1) is 18.9. The minimum absolute atomic E-state index is 0.0650. The van der Waals surface area contributed by atoms with Gasteiger partial charge in [0, 0.05) is 6.42 Å². The fourth-order valence-corrected chi connectivity index (χ4v) is 9.57. The third kappa shape index (κ3) is 5.98. The van der Waals surface area contributed by atoms with Gasteiger partial charge in [0.1, 0.15) is 11.9 Å². The second-order valence-electron chi connectivity index (χ2n) is 14.0. The van der Waals surface area contributed by atoms with Crippen molar-refractivity contribution < 1.29 is 14.3 Å². The number of allylic oxidation sites excluding steroid dienone is 1. The number of carbonyl (C=O) groups excluding carboxylic acids is 1. The highest BCUT2D eigenvalue weighted by Crippen LogP contribution is 2.66. The Balaban J connectivity index is 1.17. The number of hydrogen-bond acceptors (Lipinski definition) is 3. The van der Waals surface area contributed by atoms with Crippen LogP contribution in [-0.4, -0.2) is 12.3 Å². The first kappa shape index (κ1) is 28.7. The lowest BCUT2D eigenvalue weighted by Gasteiger charge is -2.58. The molecular weight excluding hydrogens is 480 g/mol. The van der Waals surface area contributed by atoms with Gasteiger partial charge in [0.05, 0.1) is 0 Å². The molecule has 1 aromatic carbocycles. The molecule has 4 aliphatic rings. The van der Waals surface area contributed by atoms with Gasteiger partial charge >= 0.3 is 6.16 Å². The van der Waals surface area contributed by atoms with Crippen molar-refractivity contribution in [3.8, 4) is 5.75 Å². The molecule has 7 atom stereocenters. The van der Waals surface area contributed by atoms with Gasteiger partial charge in [-0.3, -0.25) is 0 Å². The molecule has 0 spiro atoms. The molecule has 0 aromatic heterocycles. The summed E-state index contributed by atoms with van der Waals surface area (Å²) in [5.74, 6) is 4.07.